The molecule has 0 fully saturated rings. The Morgan fingerprint density at radius 2 is 1.30 bits per heavy atom. The van der Waals surface area contributed by atoms with Gasteiger partial charge in [-0.1, -0.05) is 18.2 Å². The van der Waals surface area contributed by atoms with Gasteiger partial charge in [0.05, 0.1) is 11.4 Å². The monoisotopic (exact) mass is 368 g/mol. The molecule has 3 aromatic rings. The van der Waals surface area contributed by atoms with Crippen molar-refractivity contribution in [2.75, 3.05) is 0 Å². The Balaban J connectivity index is 1.79. The van der Waals surface area contributed by atoms with Gasteiger partial charge in [0, 0.05) is 38.2 Å². The molecule has 4 nitrogen and oxygen atoms in total. The molecule has 0 aromatic carbocycles. The Bertz CT molecular complexity index is 693. The van der Waals surface area contributed by atoms with Gasteiger partial charge in [0.2, 0.25) is 0 Å². The van der Waals surface area contributed by atoms with Crippen LogP contribution in [0.4, 0.5) is 0 Å². The highest BCUT2D eigenvalue weighted by Crippen LogP contribution is 2.17. The standard InChI is InChI=1S/C18H17BrN4/c19-18-15(6-5-11-22-18)12-23(13-16-7-1-3-9-20-16)14-17-8-2-4-10-21-17/h1-11H,12-14H2. The fourth-order valence-corrected chi connectivity index (χ4v) is 2.76. The zero-order valence-electron chi connectivity index (χ0n) is 12.6. The summed E-state index contributed by atoms with van der Waals surface area (Å²) in [6.45, 7) is 2.30. The molecule has 5 heteroatoms. The molecule has 0 atom stereocenters. The molecule has 0 bridgehead atoms. The highest BCUT2D eigenvalue weighted by Gasteiger charge is 2.11. The number of hydrogen-bond donors (Lipinski definition) is 0. The molecule has 0 aliphatic heterocycles. The second-order valence-corrected chi connectivity index (χ2v) is 5.99. The van der Waals surface area contributed by atoms with E-state index in [1.807, 2.05) is 54.9 Å². The predicted molar refractivity (Wildman–Crippen MR) is 93.4 cm³/mol. The van der Waals surface area contributed by atoms with Crippen molar-refractivity contribution in [1.82, 2.24) is 19.9 Å². The van der Waals surface area contributed by atoms with Crippen molar-refractivity contribution >= 4 is 15.9 Å². The molecule has 3 heterocycles. The zero-order valence-corrected chi connectivity index (χ0v) is 14.2. The van der Waals surface area contributed by atoms with Crippen LogP contribution in [0.5, 0.6) is 0 Å². The molecule has 116 valence electrons. The lowest BCUT2D eigenvalue weighted by atomic mass is 10.2. The Morgan fingerprint density at radius 3 is 1.83 bits per heavy atom. The summed E-state index contributed by atoms with van der Waals surface area (Å²) in [5.74, 6) is 0. The van der Waals surface area contributed by atoms with E-state index < -0.39 is 0 Å². The highest BCUT2D eigenvalue weighted by atomic mass is 79.9. The van der Waals surface area contributed by atoms with Gasteiger partial charge in [-0.05, 0) is 51.8 Å². The van der Waals surface area contributed by atoms with Gasteiger partial charge in [-0.25, -0.2) is 4.98 Å². The van der Waals surface area contributed by atoms with E-state index in [1.54, 1.807) is 6.20 Å². The average Bonchev–Trinajstić information content (AvgIpc) is 2.59. The van der Waals surface area contributed by atoms with Crippen LogP contribution in [-0.2, 0) is 19.6 Å². The van der Waals surface area contributed by atoms with Gasteiger partial charge in [-0.3, -0.25) is 14.9 Å². The second-order valence-electron chi connectivity index (χ2n) is 5.24. The van der Waals surface area contributed by atoms with Crippen LogP contribution in [0.25, 0.3) is 0 Å². The van der Waals surface area contributed by atoms with E-state index in [1.165, 1.54) is 0 Å². The van der Waals surface area contributed by atoms with Crippen molar-refractivity contribution < 1.29 is 0 Å². The Labute approximate surface area is 144 Å². The van der Waals surface area contributed by atoms with Gasteiger partial charge < -0.3 is 0 Å². The first kappa shape index (κ1) is 15.8. The van der Waals surface area contributed by atoms with Crippen LogP contribution in [0.3, 0.4) is 0 Å². The maximum absolute atomic E-state index is 4.43. The van der Waals surface area contributed by atoms with Gasteiger partial charge >= 0.3 is 0 Å². The molecule has 0 aliphatic carbocycles. The molecule has 0 spiro atoms. The van der Waals surface area contributed by atoms with Crippen LogP contribution in [-0.4, -0.2) is 19.9 Å². The van der Waals surface area contributed by atoms with Crippen LogP contribution in [0.15, 0.2) is 71.7 Å². The molecular weight excluding hydrogens is 352 g/mol. The minimum absolute atomic E-state index is 0.763. The Hall–Kier alpha value is -2.11. The summed E-state index contributed by atoms with van der Waals surface area (Å²) in [7, 11) is 0. The molecule has 3 rings (SSSR count). The molecule has 0 amide bonds. The van der Waals surface area contributed by atoms with Gasteiger partial charge in [-0.15, -0.1) is 0 Å². The van der Waals surface area contributed by atoms with Crippen LogP contribution in [0, 0.1) is 0 Å². The lowest BCUT2D eigenvalue weighted by Gasteiger charge is -2.22. The maximum atomic E-state index is 4.43. The number of rotatable bonds is 6. The molecule has 0 unspecified atom stereocenters. The van der Waals surface area contributed by atoms with Crippen LogP contribution >= 0.6 is 15.9 Å². The minimum Gasteiger partial charge on any atom is -0.287 e. The fourth-order valence-electron chi connectivity index (χ4n) is 2.39. The van der Waals surface area contributed by atoms with Crippen molar-refractivity contribution in [3.05, 3.63) is 88.7 Å². The maximum Gasteiger partial charge on any atom is 0.110 e. The third-order valence-electron chi connectivity index (χ3n) is 3.45. The number of halogens is 1. The Morgan fingerprint density at radius 1 is 0.696 bits per heavy atom. The number of nitrogens with zero attached hydrogens (tertiary/aromatic N) is 4. The first-order chi connectivity index (χ1) is 11.3. The second kappa shape index (κ2) is 7.94. The summed E-state index contributed by atoms with van der Waals surface area (Å²) in [4.78, 5) is 15.5. The zero-order chi connectivity index (χ0) is 15.9. The first-order valence-corrected chi connectivity index (χ1v) is 8.22. The van der Waals surface area contributed by atoms with Gasteiger partial charge in [-0.2, -0.15) is 0 Å². The molecule has 0 saturated carbocycles. The van der Waals surface area contributed by atoms with Gasteiger partial charge in [0.25, 0.3) is 0 Å². The van der Waals surface area contributed by atoms with E-state index in [-0.39, 0.29) is 0 Å². The van der Waals surface area contributed by atoms with Crippen LogP contribution < -0.4 is 0 Å². The summed E-state index contributed by atoms with van der Waals surface area (Å²) in [6, 6.07) is 16.0. The van der Waals surface area contributed by atoms with Gasteiger partial charge in [0.1, 0.15) is 4.60 Å². The lowest BCUT2D eigenvalue weighted by molar-refractivity contribution is 0.241. The van der Waals surface area contributed by atoms with E-state index in [4.69, 9.17) is 0 Å². The smallest absolute Gasteiger partial charge is 0.110 e. The third kappa shape index (κ3) is 4.68. The van der Waals surface area contributed by atoms with E-state index in [2.05, 4.69) is 41.8 Å². The highest BCUT2D eigenvalue weighted by molar-refractivity contribution is 9.10. The summed E-state index contributed by atoms with van der Waals surface area (Å²) in [5, 5.41) is 0. The Kier molecular flexibility index (Phi) is 5.45. The molecule has 0 N–H and O–H groups in total. The normalized spacial score (nSPS) is 10.9. The molecule has 0 radical (unpaired) electrons. The predicted octanol–water partition coefficient (Wildman–Crippen LogP) is 3.84. The fraction of sp³-hybridized carbons (Fsp3) is 0.167. The van der Waals surface area contributed by atoms with Crippen molar-refractivity contribution in [3.63, 3.8) is 0 Å². The summed E-state index contributed by atoms with van der Waals surface area (Å²) in [5.41, 5.74) is 3.24. The van der Waals surface area contributed by atoms with Crippen molar-refractivity contribution in [3.8, 4) is 0 Å². The molecule has 0 saturated heterocycles. The van der Waals surface area contributed by atoms with Crippen LogP contribution in [0.2, 0.25) is 0 Å². The van der Waals surface area contributed by atoms with Crippen LogP contribution in [0.1, 0.15) is 17.0 Å². The number of pyridine rings is 3. The third-order valence-corrected chi connectivity index (χ3v) is 4.17. The van der Waals surface area contributed by atoms with Crippen molar-refractivity contribution in [1.29, 1.82) is 0 Å². The van der Waals surface area contributed by atoms with Crippen molar-refractivity contribution in [2.45, 2.75) is 19.6 Å². The first-order valence-electron chi connectivity index (χ1n) is 7.43. The quantitative estimate of drug-likeness (QED) is 0.620. The summed E-state index contributed by atoms with van der Waals surface area (Å²) >= 11 is 3.53. The molecule has 0 aliphatic rings. The SMILES string of the molecule is Brc1ncccc1CN(Cc1ccccn1)Cc1ccccn1. The average molecular weight is 369 g/mol. The summed E-state index contributed by atoms with van der Waals surface area (Å²) in [6.07, 6.45) is 5.44. The van der Waals surface area contributed by atoms with E-state index in [9.17, 15) is 0 Å². The minimum atomic E-state index is 0.763. The molecule has 3 aromatic heterocycles. The molecular formula is C18H17BrN4. The summed E-state index contributed by atoms with van der Waals surface area (Å²) < 4.78 is 0.882. The van der Waals surface area contributed by atoms with E-state index in [0.717, 1.165) is 41.2 Å². The lowest BCUT2D eigenvalue weighted by Crippen LogP contribution is -2.23. The van der Waals surface area contributed by atoms with Gasteiger partial charge in [0.15, 0.2) is 0 Å². The number of aromatic nitrogens is 3. The topological polar surface area (TPSA) is 41.9 Å². The van der Waals surface area contributed by atoms with E-state index >= 15 is 0 Å². The van der Waals surface area contributed by atoms with E-state index in [0.29, 0.717) is 0 Å². The largest absolute Gasteiger partial charge is 0.287 e. The molecule has 23 heavy (non-hydrogen) atoms. The van der Waals surface area contributed by atoms with Crippen molar-refractivity contribution in [2.24, 2.45) is 0 Å². The number of hydrogen-bond acceptors (Lipinski definition) is 4.